The van der Waals surface area contributed by atoms with Crippen LogP contribution < -0.4 is 5.32 Å². The normalized spacial score (nSPS) is 10.1. The van der Waals surface area contributed by atoms with Gasteiger partial charge in [-0.1, -0.05) is 29.8 Å². The molecule has 0 aliphatic carbocycles. The summed E-state index contributed by atoms with van der Waals surface area (Å²) in [6.45, 7) is 2.80. The first-order chi connectivity index (χ1) is 7.74. The van der Waals surface area contributed by atoms with E-state index >= 15 is 0 Å². The van der Waals surface area contributed by atoms with Crippen molar-refractivity contribution in [2.75, 3.05) is 5.32 Å². The number of nitrogens with one attached hydrogen (secondary N) is 1. The van der Waals surface area contributed by atoms with Gasteiger partial charge in [-0.3, -0.25) is 0 Å². The highest BCUT2D eigenvalue weighted by molar-refractivity contribution is 6.28. The summed E-state index contributed by atoms with van der Waals surface area (Å²) < 4.78 is 0. The average Bonchev–Trinajstić information content (AvgIpc) is 2.28. The molecular weight excluding hydrogens is 222 g/mol. The van der Waals surface area contributed by atoms with E-state index in [1.807, 2.05) is 0 Å². The van der Waals surface area contributed by atoms with Crippen LogP contribution in [0, 0.1) is 6.92 Å². The van der Waals surface area contributed by atoms with E-state index < -0.39 is 0 Å². The van der Waals surface area contributed by atoms with Crippen LogP contribution in [0.1, 0.15) is 11.1 Å². The summed E-state index contributed by atoms with van der Waals surface area (Å²) in [7, 11) is 0. The summed E-state index contributed by atoms with van der Waals surface area (Å²) in [6, 6.07) is 10.1. The Morgan fingerprint density at radius 3 is 2.62 bits per heavy atom. The molecule has 0 aliphatic heterocycles. The lowest BCUT2D eigenvalue weighted by Crippen LogP contribution is -2.01. The topological polar surface area (TPSA) is 37.8 Å². The van der Waals surface area contributed by atoms with Gasteiger partial charge in [-0.15, -0.1) is 0 Å². The molecule has 82 valence electrons. The molecule has 0 atom stereocenters. The van der Waals surface area contributed by atoms with Crippen LogP contribution in [-0.2, 0) is 6.54 Å². The van der Waals surface area contributed by atoms with Crippen molar-refractivity contribution in [2.24, 2.45) is 0 Å². The van der Waals surface area contributed by atoms with Crippen LogP contribution in [0.4, 0.5) is 5.82 Å². The van der Waals surface area contributed by atoms with Gasteiger partial charge in [-0.05, 0) is 30.2 Å². The molecule has 3 nitrogen and oxygen atoms in total. The third-order valence-electron chi connectivity index (χ3n) is 2.22. The van der Waals surface area contributed by atoms with Crippen molar-refractivity contribution in [1.29, 1.82) is 0 Å². The number of hydrogen-bond donors (Lipinski definition) is 1. The Kier molecular flexibility index (Phi) is 3.37. The van der Waals surface area contributed by atoms with Gasteiger partial charge in [0.1, 0.15) is 5.82 Å². The van der Waals surface area contributed by atoms with Gasteiger partial charge in [0.25, 0.3) is 0 Å². The lowest BCUT2D eigenvalue weighted by Gasteiger charge is -2.05. The van der Waals surface area contributed by atoms with E-state index in [0.29, 0.717) is 0 Å². The zero-order valence-corrected chi connectivity index (χ0v) is 9.70. The third-order valence-corrected chi connectivity index (χ3v) is 2.40. The quantitative estimate of drug-likeness (QED) is 0.828. The smallest absolute Gasteiger partial charge is 0.224 e. The third kappa shape index (κ3) is 2.94. The second-order valence-electron chi connectivity index (χ2n) is 3.55. The molecule has 0 radical (unpaired) electrons. The minimum Gasteiger partial charge on any atom is -0.366 e. The monoisotopic (exact) mass is 233 g/mol. The van der Waals surface area contributed by atoms with Crippen LogP contribution in [0.15, 0.2) is 36.5 Å². The molecule has 0 bridgehead atoms. The van der Waals surface area contributed by atoms with E-state index in [2.05, 4.69) is 46.5 Å². The van der Waals surface area contributed by atoms with Crippen LogP contribution in [0.3, 0.4) is 0 Å². The zero-order valence-electron chi connectivity index (χ0n) is 8.94. The molecule has 4 heteroatoms. The molecule has 1 aromatic heterocycles. The number of benzene rings is 1. The Hall–Kier alpha value is -1.61. The second-order valence-corrected chi connectivity index (χ2v) is 3.89. The SMILES string of the molecule is Cc1ccc(CNc2ccnc(Cl)n2)cc1. The van der Waals surface area contributed by atoms with E-state index in [4.69, 9.17) is 11.6 Å². The molecule has 0 saturated heterocycles. The van der Waals surface area contributed by atoms with Gasteiger partial charge in [0.15, 0.2) is 0 Å². The van der Waals surface area contributed by atoms with Gasteiger partial charge >= 0.3 is 0 Å². The van der Waals surface area contributed by atoms with Crippen molar-refractivity contribution in [2.45, 2.75) is 13.5 Å². The van der Waals surface area contributed by atoms with Crippen molar-refractivity contribution in [3.63, 3.8) is 0 Å². The summed E-state index contributed by atoms with van der Waals surface area (Å²) in [4.78, 5) is 7.87. The molecule has 1 aromatic carbocycles. The van der Waals surface area contributed by atoms with Crippen molar-refractivity contribution >= 4 is 17.4 Å². The number of aromatic nitrogens is 2. The molecular formula is C12H12ClN3. The molecule has 1 N–H and O–H groups in total. The van der Waals surface area contributed by atoms with E-state index in [1.54, 1.807) is 12.3 Å². The highest BCUT2D eigenvalue weighted by atomic mass is 35.5. The summed E-state index contributed by atoms with van der Waals surface area (Å²) in [5, 5.41) is 3.44. The molecule has 2 aromatic rings. The van der Waals surface area contributed by atoms with Crippen LogP contribution in [0.2, 0.25) is 5.28 Å². The molecule has 0 amide bonds. The van der Waals surface area contributed by atoms with E-state index in [9.17, 15) is 0 Å². The average molecular weight is 234 g/mol. The fraction of sp³-hybridized carbons (Fsp3) is 0.167. The highest BCUT2D eigenvalue weighted by Crippen LogP contribution is 2.09. The Morgan fingerprint density at radius 2 is 1.94 bits per heavy atom. The van der Waals surface area contributed by atoms with Crippen molar-refractivity contribution in [1.82, 2.24) is 9.97 Å². The molecule has 0 saturated carbocycles. The molecule has 2 rings (SSSR count). The number of halogens is 1. The maximum atomic E-state index is 5.69. The van der Waals surface area contributed by atoms with Gasteiger partial charge < -0.3 is 5.32 Å². The van der Waals surface area contributed by atoms with E-state index in [0.717, 1.165) is 12.4 Å². The van der Waals surface area contributed by atoms with Gasteiger partial charge in [-0.2, -0.15) is 0 Å². The van der Waals surface area contributed by atoms with Crippen molar-refractivity contribution in [3.05, 3.63) is 52.9 Å². The Labute approximate surface area is 99.5 Å². The molecule has 0 aliphatic rings. The first-order valence-corrected chi connectivity index (χ1v) is 5.40. The van der Waals surface area contributed by atoms with Gasteiger partial charge in [-0.25, -0.2) is 9.97 Å². The summed E-state index contributed by atoms with van der Waals surface area (Å²) in [6.07, 6.45) is 1.63. The number of aryl methyl sites for hydroxylation is 1. The fourth-order valence-electron chi connectivity index (χ4n) is 1.33. The van der Waals surface area contributed by atoms with Gasteiger partial charge in [0, 0.05) is 12.7 Å². The second kappa shape index (κ2) is 4.94. The van der Waals surface area contributed by atoms with Gasteiger partial charge in [0.05, 0.1) is 0 Å². The number of rotatable bonds is 3. The van der Waals surface area contributed by atoms with E-state index in [-0.39, 0.29) is 5.28 Å². The molecule has 0 spiro atoms. The predicted molar refractivity (Wildman–Crippen MR) is 65.5 cm³/mol. The largest absolute Gasteiger partial charge is 0.366 e. The lowest BCUT2D eigenvalue weighted by molar-refractivity contribution is 1.08. The molecule has 0 fully saturated rings. The Balaban J connectivity index is 1.99. The first-order valence-electron chi connectivity index (χ1n) is 5.02. The van der Waals surface area contributed by atoms with Crippen LogP contribution >= 0.6 is 11.6 Å². The highest BCUT2D eigenvalue weighted by Gasteiger charge is 1.96. The van der Waals surface area contributed by atoms with Gasteiger partial charge in [0.2, 0.25) is 5.28 Å². The predicted octanol–water partition coefficient (Wildman–Crippen LogP) is 3.05. The lowest BCUT2D eigenvalue weighted by atomic mass is 10.1. The number of anilines is 1. The molecule has 16 heavy (non-hydrogen) atoms. The molecule has 0 unspecified atom stereocenters. The number of hydrogen-bond acceptors (Lipinski definition) is 3. The van der Waals surface area contributed by atoms with Crippen LogP contribution in [0.5, 0.6) is 0 Å². The summed E-state index contributed by atoms with van der Waals surface area (Å²) in [5.74, 6) is 0.737. The fourth-order valence-corrected chi connectivity index (χ4v) is 1.48. The zero-order chi connectivity index (χ0) is 11.4. The maximum Gasteiger partial charge on any atom is 0.224 e. The summed E-state index contributed by atoms with van der Waals surface area (Å²) in [5.41, 5.74) is 2.47. The van der Waals surface area contributed by atoms with E-state index in [1.165, 1.54) is 11.1 Å². The van der Waals surface area contributed by atoms with Crippen LogP contribution in [0.25, 0.3) is 0 Å². The Bertz CT molecular complexity index is 468. The summed E-state index contributed by atoms with van der Waals surface area (Å²) >= 11 is 5.69. The van der Waals surface area contributed by atoms with Crippen LogP contribution in [-0.4, -0.2) is 9.97 Å². The Morgan fingerprint density at radius 1 is 1.19 bits per heavy atom. The van der Waals surface area contributed by atoms with Crippen molar-refractivity contribution in [3.8, 4) is 0 Å². The molecule has 1 heterocycles. The minimum absolute atomic E-state index is 0.258. The maximum absolute atomic E-state index is 5.69. The minimum atomic E-state index is 0.258. The standard InChI is InChI=1S/C12H12ClN3/c1-9-2-4-10(5-3-9)8-15-11-6-7-14-12(13)16-11/h2-7H,8H2,1H3,(H,14,15,16). The first kappa shape index (κ1) is 10.9. The van der Waals surface area contributed by atoms with Crippen molar-refractivity contribution < 1.29 is 0 Å². The number of nitrogens with zero attached hydrogens (tertiary/aromatic N) is 2.